The van der Waals surface area contributed by atoms with Gasteiger partial charge in [0.25, 0.3) is 0 Å². The molecule has 1 rings (SSSR count). The molecule has 0 aliphatic carbocycles. The number of hydrogen-bond acceptors (Lipinski definition) is 4. The third kappa shape index (κ3) is 2.30. The maximum atomic E-state index is 5.85. The first-order valence-corrected chi connectivity index (χ1v) is 4.22. The molecule has 5 heteroatoms. The van der Waals surface area contributed by atoms with Gasteiger partial charge in [-0.05, 0) is 11.6 Å². The highest BCUT2D eigenvalue weighted by atomic mass is 35.5. The van der Waals surface area contributed by atoms with Gasteiger partial charge in [-0.25, -0.2) is 4.98 Å². The molecular weight excluding hydrogens is 190 g/mol. The molecule has 0 unspecified atom stereocenters. The topological polar surface area (TPSA) is 74.2 Å². The molecule has 4 N–H and O–H groups in total. The van der Waals surface area contributed by atoms with Gasteiger partial charge in [0.05, 0.1) is 7.11 Å². The van der Waals surface area contributed by atoms with Crippen LogP contribution in [0.5, 0.6) is 5.88 Å². The van der Waals surface area contributed by atoms with Crippen molar-refractivity contribution in [3.8, 4) is 5.88 Å². The van der Waals surface area contributed by atoms with Crippen molar-refractivity contribution in [3.05, 3.63) is 22.8 Å². The molecule has 72 valence electrons. The average Bonchev–Trinajstić information content (AvgIpc) is 2.16. The van der Waals surface area contributed by atoms with E-state index in [1.165, 1.54) is 7.11 Å². The Kier molecular flexibility index (Phi) is 3.48. The van der Waals surface area contributed by atoms with Crippen LogP contribution in [0.25, 0.3) is 0 Å². The molecule has 0 aliphatic heterocycles. The van der Waals surface area contributed by atoms with Crippen molar-refractivity contribution in [2.45, 2.75) is 6.04 Å². The average molecular weight is 202 g/mol. The molecule has 1 atom stereocenters. The van der Waals surface area contributed by atoms with E-state index in [4.69, 9.17) is 27.8 Å². The lowest BCUT2D eigenvalue weighted by atomic mass is 10.1. The van der Waals surface area contributed by atoms with Crippen molar-refractivity contribution >= 4 is 11.6 Å². The van der Waals surface area contributed by atoms with Gasteiger partial charge in [-0.2, -0.15) is 0 Å². The van der Waals surface area contributed by atoms with Crippen molar-refractivity contribution in [1.82, 2.24) is 4.98 Å². The molecule has 0 spiro atoms. The number of methoxy groups -OCH3 is 1. The molecule has 1 aromatic rings. The fourth-order valence-electron chi connectivity index (χ4n) is 0.929. The second kappa shape index (κ2) is 4.41. The summed E-state index contributed by atoms with van der Waals surface area (Å²) < 4.78 is 4.90. The Morgan fingerprint density at radius 3 is 2.85 bits per heavy atom. The Morgan fingerprint density at radius 1 is 1.69 bits per heavy atom. The first-order valence-electron chi connectivity index (χ1n) is 3.84. The Labute approximate surface area is 81.8 Å². The Balaban J connectivity index is 2.95. The first kappa shape index (κ1) is 10.2. The molecule has 0 saturated heterocycles. The minimum Gasteiger partial charge on any atom is -0.480 e. The Morgan fingerprint density at radius 2 is 2.38 bits per heavy atom. The monoisotopic (exact) mass is 201 g/mol. The van der Waals surface area contributed by atoms with Crippen LogP contribution >= 0.6 is 11.6 Å². The predicted octanol–water partition coefficient (Wildman–Crippen LogP) is 0.702. The van der Waals surface area contributed by atoms with Crippen molar-refractivity contribution in [3.63, 3.8) is 0 Å². The van der Waals surface area contributed by atoms with Crippen LogP contribution in [0.2, 0.25) is 5.02 Å². The summed E-state index contributed by atoms with van der Waals surface area (Å²) in [6.45, 7) is 0.365. The molecule has 0 saturated carbocycles. The SMILES string of the molecule is COc1ncc([C@H](N)CN)cc1Cl. The fraction of sp³-hybridized carbons (Fsp3) is 0.375. The molecule has 0 aromatic carbocycles. The lowest BCUT2D eigenvalue weighted by Gasteiger charge is -2.09. The molecule has 1 heterocycles. The maximum absolute atomic E-state index is 5.85. The Bertz CT molecular complexity index is 293. The summed E-state index contributed by atoms with van der Waals surface area (Å²) in [7, 11) is 1.51. The van der Waals surface area contributed by atoms with Gasteiger partial charge in [-0.3, -0.25) is 0 Å². The minimum atomic E-state index is -0.226. The number of ether oxygens (including phenoxy) is 1. The second-order valence-corrected chi connectivity index (χ2v) is 3.01. The number of pyridine rings is 1. The number of nitrogens with two attached hydrogens (primary N) is 2. The highest BCUT2D eigenvalue weighted by molar-refractivity contribution is 6.31. The first-order chi connectivity index (χ1) is 6.19. The highest BCUT2D eigenvalue weighted by Crippen LogP contribution is 2.23. The van der Waals surface area contributed by atoms with Crippen LogP contribution < -0.4 is 16.2 Å². The lowest BCUT2D eigenvalue weighted by Crippen LogP contribution is -2.20. The van der Waals surface area contributed by atoms with Gasteiger partial charge in [0, 0.05) is 18.8 Å². The summed E-state index contributed by atoms with van der Waals surface area (Å²) in [6, 6.07) is 1.49. The largest absolute Gasteiger partial charge is 0.480 e. The van der Waals surface area contributed by atoms with E-state index in [1.807, 2.05) is 0 Å². The number of nitrogens with zero attached hydrogens (tertiary/aromatic N) is 1. The zero-order chi connectivity index (χ0) is 9.84. The summed E-state index contributed by atoms with van der Waals surface area (Å²) in [5, 5.41) is 0.448. The smallest absolute Gasteiger partial charge is 0.232 e. The second-order valence-electron chi connectivity index (χ2n) is 2.60. The van der Waals surface area contributed by atoms with E-state index in [0.717, 1.165) is 5.56 Å². The molecule has 0 fully saturated rings. The molecular formula is C8H12ClN3O. The maximum Gasteiger partial charge on any atom is 0.232 e. The van der Waals surface area contributed by atoms with Crippen molar-refractivity contribution in [2.24, 2.45) is 11.5 Å². The van der Waals surface area contributed by atoms with E-state index in [-0.39, 0.29) is 6.04 Å². The fourth-order valence-corrected chi connectivity index (χ4v) is 1.18. The van der Waals surface area contributed by atoms with Gasteiger partial charge in [0.1, 0.15) is 5.02 Å². The van der Waals surface area contributed by atoms with E-state index in [0.29, 0.717) is 17.4 Å². The minimum absolute atomic E-state index is 0.226. The van der Waals surface area contributed by atoms with Crippen molar-refractivity contribution in [2.75, 3.05) is 13.7 Å². The summed E-state index contributed by atoms with van der Waals surface area (Å²) >= 11 is 5.85. The van der Waals surface area contributed by atoms with Gasteiger partial charge in [0.15, 0.2) is 0 Å². The summed E-state index contributed by atoms with van der Waals surface area (Å²) in [5.74, 6) is 0.398. The van der Waals surface area contributed by atoms with Gasteiger partial charge in [0.2, 0.25) is 5.88 Å². The van der Waals surface area contributed by atoms with Crippen LogP contribution in [0.15, 0.2) is 12.3 Å². The standard InChI is InChI=1S/C8H12ClN3O/c1-13-8-6(9)2-5(4-12-8)7(11)3-10/h2,4,7H,3,10-11H2,1H3/t7-/m1/s1. The quantitative estimate of drug-likeness (QED) is 0.755. The number of halogens is 1. The van der Waals surface area contributed by atoms with Gasteiger partial charge < -0.3 is 16.2 Å². The molecule has 0 bridgehead atoms. The van der Waals surface area contributed by atoms with Crippen LogP contribution in [-0.2, 0) is 0 Å². The van der Waals surface area contributed by atoms with Crippen molar-refractivity contribution < 1.29 is 4.74 Å². The summed E-state index contributed by atoms with van der Waals surface area (Å²) in [6.07, 6.45) is 1.61. The normalized spacial score (nSPS) is 12.6. The number of aromatic nitrogens is 1. The zero-order valence-electron chi connectivity index (χ0n) is 7.33. The van der Waals surface area contributed by atoms with Crippen LogP contribution in [0.1, 0.15) is 11.6 Å². The van der Waals surface area contributed by atoms with E-state index >= 15 is 0 Å². The van der Waals surface area contributed by atoms with Gasteiger partial charge in [-0.15, -0.1) is 0 Å². The predicted molar refractivity (Wildman–Crippen MR) is 51.8 cm³/mol. The molecule has 0 aliphatic rings. The van der Waals surface area contributed by atoms with E-state index in [9.17, 15) is 0 Å². The molecule has 13 heavy (non-hydrogen) atoms. The summed E-state index contributed by atoms with van der Waals surface area (Å²) in [4.78, 5) is 3.98. The van der Waals surface area contributed by atoms with Crippen LogP contribution in [-0.4, -0.2) is 18.6 Å². The molecule has 0 amide bonds. The van der Waals surface area contributed by atoms with Gasteiger partial charge >= 0.3 is 0 Å². The summed E-state index contributed by atoms with van der Waals surface area (Å²) in [5.41, 5.74) is 11.9. The zero-order valence-corrected chi connectivity index (χ0v) is 8.08. The van der Waals surface area contributed by atoms with E-state index in [1.54, 1.807) is 12.3 Å². The van der Waals surface area contributed by atoms with Crippen molar-refractivity contribution in [1.29, 1.82) is 0 Å². The van der Waals surface area contributed by atoms with Crippen LogP contribution in [0.3, 0.4) is 0 Å². The van der Waals surface area contributed by atoms with E-state index < -0.39 is 0 Å². The third-order valence-electron chi connectivity index (χ3n) is 1.70. The molecule has 0 radical (unpaired) electrons. The lowest BCUT2D eigenvalue weighted by molar-refractivity contribution is 0.397. The third-order valence-corrected chi connectivity index (χ3v) is 1.97. The Hall–Kier alpha value is -0.840. The molecule has 1 aromatic heterocycles. The highest BCUT2D eigenvalue weighted by Gasteiger charge is 2.08. The van der Waals surface area contributed by atoms with Gasteiger partial charge in [-0.1, -0.05) is 11.6 Å². The van der Waals surface area contributed by atoms with Crippen LogP contribution in [0.4, 0.5) is 0 Å². The number of rotatable bonds is 3. The molecule has 4 nitrogen and oxygen atoms in total. The number of hydrogen-bond donors (Lipinski definition) is 2. The van der Waals surface area contributed by atoms with Crippen LogP contribution in [0, 0.1) is 0 Å². The van der Waals surface area contributed by atoms with E-state index in [2.05, 4.69) is 4.98 Å².